The molecule has 2 atom stereocenters. The molecule has 1 N–H and O–H groups in total. The first-order valence-electron chi connectivity index (χ1n) is 10.3. The Balaban J connectivity index is 1.59. The number of nitrogens with one attached hydrogen (secondary N) is 1. The van der Waals surface area contributed by atoms with Crippen LogP contribution in [0.15, 0.2) is 42.5 Å². The van der Waals surface area contributed by atoms with Gasteiger partial charge in [0.05, 0.1) is 22.7 Å². The number of rotatable bonds is 3. The Hall–Kier alpha value is -2.66. The summed E-state index contributed by atoms with van der Waals surface area (Å²) >= 11 is 0. The van der Waals surface area contributed by atoms with Gasteiger partial charge in [0, 0.05) is 36.4 Å². The fourth-order valence-electron chi connectivity index (χ4n) is 5.41. The Kier molecular flexibility index (Phi) is 4.20. The number of hydrogen-bond acceptors (Lipinski definition) is 2. The Morgan fingerprint density at radius 1 is 1.21 bits per heavy atom. The van der Waals surface area contributed by atoms with E-state index in [0.717, 1.165) is 44.5 Å². The standard InChI is InChI=1S/C23H25N3O2/c1-16-10-11-21-19(14-16)18-7-4-9-22-23(18)25(21)13-5-12-24(22)15-17-6-2-3-8-20(17)26(27)28/h2-3,6,8,10-11,14,22H,4-5,7,9,12-13,15H2,1H3/p+1/t22-/m0/s1. The highest BCUT2D eigenvalue weighted by molar-refractivity contribution is 5.86. The van der Waals surface area contributed by atoms with Gasteiger partial charge in [0.2, 0.25) is 0 Å². The summed E-state index contributed by atoms with van der Waals surface area (Å²) in [4.78, 5) is 12.7. The van der Waals surface area contributed by atoms with Crippen LogP contribution >= 0.6 is 0 Å². The molecule has 1 aliphatic carbocycles. The average molecular weight is 376 g/mol. The van der Waals surface area contributed by atoms with Crippen molar-refractivity contribution >= 4 is 16.6 Å². The molecular formula is C23H26N3O2+. The Morgan fingerprint density at radius 3 is 2.93 bits per heavy atom. The molecule has 0 bridgehead atoms. The molecule has 5 nitrogen and oxygen atoms in total. The van der Waals surface area contributed by atoms with Crippen LogP contribution < -0.4 is 4.90 Å². The second-order valence-corrected chi connectivity index (χ2v) is 8.31. The Labute approximate surface area is 164 Å². The smallest absolute Gasteiger partial charge is 0.278 e. The minimum absolute atomic E-state index is 0.237. The van der Waals surface area contributed by atoms with Crippen molar-refractivity contribution in [3.63, 3.8) is 0 Å². The summed E-state index contributed by atoms with van der Waals surface area (Å²) in [5.41, 5.74) is 6.82. The van der Waals surface area contributed by atoms with Crippen molar-refractivity contribution in [1.29, 1.82) is 0 Å². The molecule has 5 rings (SSSR count). The van der Waals surface area contributed by atoms with Crippen molar-refractivity contribution in [2.45, 2.75) is 51.7 Å². The summed E-state index contributed by atoms with van der Waals surface area (Å²) in [7, 11) is 0. The van der Waals surface area contributed by atoms with Crippen molar-refractivity contribution in [2.24, 2.45) is 0 Å². The van der Waals surface area contributed by atoms with Crippen LogP contribution in [0.25, 0.3) is 10.9 Å². The SMILES string of the molecule is Cc1ccc2c(c1)c1c3n2CCC[NH+](Cc2ccccc2[N+](=O)[O-])[C@H]3CCC1. The van der Waals surface area contributed by atoms with Crippen molar-refractivity contribution in [3.8, 4) is 0 Å². The molecule has 2 heterocycles. The fraction of sp³-hybridized carbons (Fsp3) is 0.391. The zero-order valence-corrected chi connectivity index (χ0v) is 16.3. The summed E-state index contributed by atoms with van der Waals surface area (Å²) in [5, 5.41) is 12.9. The fourth-order valence-corrected chi connectivity index (χ4v) is 5.41. The normalized spacial score (nSPS) is 21.3. The van der Waals surface area contributed by atoms with Crippen molar-refractivity contribution in [1.82, 2.24) is 4.57 Å². The maximum Gasteiger partial charge on any atom is 0.278 e. The lowest BCUT2D eigenvalue weighted by Gasteiger charge is -2.30. The topological polar surface area (TPSA) is 52.5 Å². The zero-order valence-electron chi connectivity index (χ0n) is 16.3. The summed E-state index contributed by atoms with van der Waals surface area (Å²) in [6.07, 6.45) is 4.62. The van der Waals surface area contributed by atoms with E-state index in [2.05, 4.69) is 29.7 Å². The molecule has 0 spiro atoms. The predicted octanol–water partition coefficient (Wildman–Crippen LogP) is 3.72. The first-order valence-corrected chi connectivity index (χ1v) is 10.3. The second-order valence-electron chi connectivity index (χ2n) is 8.31. The van der Waals surface area contributed by atoms with E-state index < -0.39 is 0 Å². The van der Waals surface area contributed by atoms with E-state index in [0.29, 0.717) is 6.04 Å². The molecule has 1 aliphatic heterocycles. The van der Waals surface area contributed by atoms with E-state index in [9.17, 15) is 10.1 Å². The van der Waals surface area contributed by atoms with Gasteiger partial charge in [0.1, 0.15) is 12.6 Å². The minimum Gasteiger partial charge on any atom is -0.339 e. The molecular weight excluding hydrogens is 350 g/mol. The summed E-state index contributed by atoms with van der Waals surface area (Å²) < 4.78 is 2.56. The number of aromatic nitrogens is 1. The van der Waals surface area contributed by atoms with E-state index >= 15 is 0 Å². The molecule has 0 amide bonds. The number of nitrogens with zero attached hydrogens (tertiary/aromatic N) is 2. The molecule has 5 heteroatoms. The lowest BCUT2D eigenvalue weighted by atomic mass is 9.90. The van der Waals surface area contributed by atoms with Crippen molar-refractivity contribution in [2.75, 3.05) is 6.54 Å². The van der Waals surface area contributed by atoms with Gasteiger partial charge in [-0.25, -0.2) is 0 Å². The Bertz CT molecular complexity index is 1070. The molecule has 144 valence electrons. The van der Waals surface area contributed by atoms with E-state index in [4.69, 9.17) is 0 Å². The van der Waals surface area contributed by atoms with Crippen LogP contribution in [0.3, 0.4) is 0 Å². The molecule has 2 aliphatic rings. The average Bonchev–Trinajstić information content (AvgIpc) is 2.88. The van der Waals surface area contributed by atoms with Crippen molar-refractivity contribution in [3.05, 3.63) is 75.0 Å². The number of benzene rings is 2. The summed E-state index contributed by atoms with van der Waals surface area (Å²) in [6, 6.07) is 14.5. The molecule has 0 saturated carbocycles. The van der Waals surface area contributed by atoms with Gasteiger partial charge in [-0.1, -0.05) is 23.8 Å². The lowest BCUT2D eigenvalue weighted by Crippen LogP contribution is -3.11. The van der Waals surface area contributed by atoms with E-state index in [-0.39, 0.29) is 10.6 Å². The third kappa shape index (κ3) is 2.73. The van der Waals surface area contributed by atoms with E-state index in [1.807, 2.05) is 12.1 Å². The molecule has 1 unspecified atom stereocenters. The first kappa shape index (κ1) is 17.4. The van der Waals surface area contributed by atoms with Crippen LogP contribution in [0.4, 0.5) is 5.69 Å². The predicted molar refractivity (Wildman–Crippen MR) is 110 cm³/mol. The molecule has 2 aromatic carbocycles. The van der Waals surface area contributed by atoms with Gasteiger partial charge in [-0.2, -0.15) is 0 Å². The van der Waals surface area contributed by atoms with Crippen LogP contribution in [0.1, 0.15) is 47.7 Å². The number of para-hydroxylation sites is 1. The molecule has 3 aromatic rings. The quantitative estimate of drug-likeness (QED) is 0.559. The third-order valence-corrected chi connectivity index (χ3v) is 6.60. The van der Waals surface area contributed by atoms with Gasteiger partial charge in [-0.15, -0.1) is 0 Å². The van der Waals surface area contributed by atoms with Crippen molar-refractivity contribution < 1.29 is 9.82 Å². The molecule has 1 aromatic heterocycles. The van der Waals surface area contributed by atoms with Crippen LogP contribution in [0.5, 0.6) is 0 Å². The maximum atomic E-state index is 11.5. The zero-order chi connectivity index (χ0) is 19.3. The molecule has 28 heavy (non-hydrogen) atoms. The van der Waals surface area contributed by atoms with Gasteiger partial charge >= 0.3 is 0 Å². The van der Waals surface area contributed by atoms with Gasteiger partial charge < -0.3 is 9.47 Å². The van der Waals surface area contributed by atoms with Gasteiger partial charge in [-0.05, 0) is 43.5 Å². The Morgan fingerprint density at radius 2 is 2.07 bits per heavy atom. The van der Waals surface area contributed by atoms with Crippen LogP contribution in [-0.4, -0.2) is 16.0 Å². The van der Waals surface area contributed by atoms with E-state index in [1.54, 1.807) is 12.1 Å². The lowest BCUT2D eigenvalue weighted by molar-refractivity contribution is -0.945. The molecule has 0 radical (unpaired) electrons. The maximum absolute atomic E-state index is 11.5. The van der Waals surface area contributed by atoms with Crippen LogP contribution in [0, 0.1) is 17.0 Å². The highest BCUT2D eigenvalue weighted by Gasteiger charge is 2.37. The molecule has 0 fully saturated rings. The largest absolute Gasteiger partial charge is 0.339 e. The summed E-state index contributed by atoms with van der Waals surface area (Å²) in [6.45, 7) is 5.00. The number of nitro groups is 1. The van der Waals surface area contributed by atoms with E-state index in [1.165, 1.54) is 39.0 Å². The minimum atomic E-state index is -0.237. The molecule has 0 saturated heterocycles. The summed E-state index contributed by atoms with van der Waals surface area (Å²) in [5.74, 6) is 0. The second kappa shape index (κ2) is 6.74. The number of nitro benzene ring substituents is 1. The van der Waals surface area contributed by atoms with Gasteiger partial charge in [0.25, 0.3) is 5.69 Å². The highest BCUT2D eigenvalue weighted by atomic mass is 16.6. The third-order valence-electron chi connectivity index (χ3n) is 6.60. The number of quaternary nitrogens is 1. The van der Waals surface area contributed by atoms with Crippen LogP contribution in [-0.2, 0) is 19.5 Å². The number of hydrogen-bond donors (Lipinski definition) is 1. The van der Waals surface area contributed by atoms with Crippen LogP contribution in [0.2, 0.25) is 0 Å². The highest BCUT2D eigenvalue weighted by Crippen LogP contribution is 2.37. The number of aryl methyl sites for hydroxylation is 3. The number of fused-ring (bicyclic) bond motifs is 3. The van der Waals surface area contributed by atoms with Gasteiger partial charge in [-0.3, -0.25) is 10.1 Å². The van der Waals surface area contributed by atoms with Gasteiger partial charge in [0.15, 0.2) is 0 Å². The monoisotopic (exact) mass is 376 g/mol. The first-order chi connectivity index (χ1) is 13.6.